The molecule has 0 saturated carbocycles. The number of imidazole rings is 1. The molecule has 0 unspecified atom stereocenters. The second-order valence-electron chi connectivity index (χ2n) is 4.89. The molecule has 2 aromatic heterocycles. The molecule has 0 saturated heterocycles. The molecule has 112 valence electrons. The first kappa shape index (κ1) is 14.1. The summed E-state index contributed by atoms with van der Waals surface area (Å²) in [5, 5.41) is 2.98. The van der Waals surface area contributed by atoms with Crippen LogP contribution in [0.1, 0.15) is 15.9 Å². The van der Waals surface area contributed by atoms with Crippen molar-refractivity contribution in [1.29, 1.82) is 0 Å². The van der Waals surface area contributed by atoms with Gasteiger partial charge in [-0.3, -0.25) is 0 Å². The Morgan fingerprint density at radius 2 is 2.18 bits per heavy atom. The van der Waals surface area contributed by atoms with Crippen molar-refractivity contribution in [2.45, 2.75) is 6.92 Å². The fourth-order valence-corrected chi connectivity index (χ4v) is 2.26. The third kappa shape index (κ3) is 2.39. The van der Waals surface area contributed by atoms with E-state index in [2.05, 4.69) is 10.3 Å². The van der Waals surface area contributed by atoms with Crippen LogP contribution >= 0.6 is 0 Å². The van der Waals surface area contributed by atoms with Gasteiger partial charge in [0.1, 0.15) is 5.82 Å². The molecule has 0 aliphatic carbocycles. The number of carbonyl (C=O) groups is 1. The molecule has 0 bridgehead atoms. The lowest BCUT2D eigenvalue weighted by molar-refractivity contribution is 0.0602. The lowest BCUT2D eigenvalue weighted by Gasteiger charge is -2.13. The van der Waals surface area contributed by atoms with Crippen LogP contribution in [0.4, 0.5) is 15.8 Å². The maximum Gasteiger partial charge on any atom is 0.340 e. The Balaban J connectivity index is 2.15. The molecule has 22 heavy (non-hydrogen) atoms. The van der Waals surface area contributed by atoms with Crippen LogP contribution in [0.25, 0.3) is 5.52 Å². The summed E-state index contributed by atoms with van der Waals surface area (Å²) in [4.78, 5) is 16.0. The number of hydrogen-bond acceptors (Lipinski definition) is 4. The lowest BCUT2D eigenvalue weighted by atomic mass is 10.1. The lowest BCUT2D eigenvalue weighted by Crippen LogP contribution is -2.08. The summed E-state index contributed by atoms with van der Waals surface area (Å²) >= 11 is 0. The molecule has 5 nitrogen and oxygen atoms in total. The molecule has 6 heteroatoms. The molecule has 0 amide bonds. The Labute approximate surface area is 126 Å². The molecule has 0 spiro atoms. The van der Waals surface area contributed by atoms with E-state index in [-0.39, 0.29) is 5.69 Å². The van der Waals surface area contributed by atoms with E-state index in [1.807, 2.05) is 6.92 Å². The molecule has 1 N–H and O–H groups in total. The molecule has 0 aliphatic heterocycles. The maximum atomic E-state index is 14.1. The third-order valence-corrected chi connectivity index (χ3v) is 3.38. The predicted octanol–water partition coefficient (Wildman–Crippen LogP) is 3.31. The quantitative estimate of drug-likeness (QED) is 0.754. The number of carbonyl (C=O) groups excluding carboxylic acids is 1. The number of hydrogen-bond donors (Lipinski definition) is 1. The largest absolute Gasteiger partial charge is 0.465 e. The van der Waals surface area contributed by atoms with Crippen LogP contribution in [0, 0.1) is 12.7 Å². The van der Waals surface area contributed by atoms with Gasteiger partial charge in [-0.15, -0.1) is 0 Å². The van der Waals surface area contributed by atoms with Gasteiger partial charge in [0.25, 0.3) is 0 Å². The average molecular weight is 299 g/mol. The second-order valence-corrected chi connectivity index (χ2v) is 4.89. The van der Waals surface area contributed by atoms with E-state index < -0.39 is 11.8 Å². The van der Waals surface area contributed by atoms with E-state index in [9.17, 15) is 9.18 Å². The van der Waals surface area contributed by atoms with E-state index >= 15 is 0 Å². The van der Waals surface area contributed by atoms with Gasteiger partial charge in [0.15, 0.2) is 0 Å². The van der Waals surface area contributed by atoms with Gasteiger partial charge < -0.3 is 14.5 Å². The predicted molar refractivity (Wildman–Crippen MR) is 81.0 cm³/mol. The van der Waals surface area contributed by atoms with Crippen molar-refractivity contribution in [3.05, 3.63) is 59.9 Å². The van der Waals surface area contributed by atoms with Gasteiger partial charge in [-0.2, -0.15) is 0 Å². The first-order chi connectivity index (χ1) is 10.6. The van der Waals surface area contributed by atoms with Crippen LogP contribution in [0.5, 0.6) is 0 Å². The Morgan fingerprint density at radius 1 is 1.36 bits per heavy atom. The number of esters is 1. The van der Waals surface area contributed by atoms with Crippen molar-refractivity contribution in [3.8, 4) is 0 Å². The standard InChI is InChI=1S/C16H14FN3O2/c1-10-3-4-13(12(17)7-10)19-15-11(16(21)22-2)5-6-20-9-18-8-14(15)20/h3-9,19H,1-2H3. The molecule has 3 rings (SSSR count). The van der Waals surface area contributed by atoms with Crippen molar-refractivity contribution in [1.82, 2.24) is 9.38 Å². The number of rotatable bonds is 3. The van der Waals surface area contributed by atoms with Crippen molar-refractivity contribution in [2.75, 3.05) is 12.4 Å². The van der Waals surface area contributed by atoms with Crippen molar-refractivity contribution < 1.29 is 13.9 Å². The average Bonchev–Trinajstić information content (AvgIpc) is 2.98. The number of fused-ring (bicyclic) bond motifs is 1. The van der Waals surface area contributed by atoms with Crippen molar-refractivity contribution >= 4 is 22.9 Å². The molecule has 0 aliphatic rings. The third-order valence-electron chi connectivity index (χ3n) is 3.38. The maximum absolute atomic E-state index is 14.1. The number of aryl methyl sites for hydroxylation is 1. The highest BCUT2D eigenvalue weighted by atomic mass is 19.1. The second kappa shape index (κ2) is 5.48. The van der Waals surface area contributed by atoms with Gasteiger partial charge in [-0.05, 0) is 30.7 Å². The van der Waals surface area contributed by atoms with Crippen molar-refractivity contribution in [3.63, 3.8) is 0 Å². The van der Waals surface area contributed by atoms with E-state index in [1.54, 1.807) is 41.3 Å². The minimum absolute atomic E-state index is 0.282. The summed E-state index contributed by atoms with van der Waals surface area (Å²) in [5.74, 6) is -0.893. The van der Waals surface area contributed by atoms with Crippen LogP contribution in [-0.4, -0.2) is 22.5 Å². The highest BCUT2D eigenvalue weighted by Crippen LogP contribution is 2.28. The Kier molecular flexibility index (Phi) is 3.50. The Morgan fingerprint density at radius 3 is 2.91 bits per heavy atom. The zero-order chi connectivity index (χ0) is 15.7. The number of anilines is 2. The van der Waals surface area contributed by atoms with E-state index in [4.69, 9.17) is 4.74 Å². The van der Waals surface area contributed by atoms with Crippen molar-refractivity contribution in [2.24, 2.45) is 0 Å². The molecule has 3 aromatic rings. The highest BCUT2D eigenvalue weighted by Gasteiger charge is 2.17. The summed E-state index contributed by atoms with van der Waals surface area (Å²) in [6.07, 6.45) is 4.90. The van der Waals surface area contributed by atoms with Crippen LogP contribution in [-0.2, 0) is 4.74 Å². The zero-order valence-corrected chi connectivity index (χ0v) is 12.1. The van der Waals surface area contributed by atoms with Crippen LogP contribution in [0.2, 0.25) is 0 Å². The summed E-state index contributed by atoms with van der Waals surface area (Å²) in [6, 6.07) is 6.46. The summed E-state index contributed by atoms with van der Waals surface area (Å²) in [7, 11) is 1.30. The van der Waals surface area contributed by atoms with E-state index in [1.165, 1.54) is 13.2 Å². The van der Waals surface area contributed by atoms with E-state index in [0.717, 1.165) is 5.56 Å². The molecule has 2 heterocycles. The fraction of sp³-hybridized carbons (Fsp3) is 0.125. The Hall–Kier alpha value is -2.89. The molecule has 0 atom stereocenters. The molecular formula is C16H14FN3O2. The van der Waals surface area contributed by atoms with Gasteiger partial charge in [-0.1, -0.05) is 6.07 Å². The Bertz CT molecular complexity index is 858. The molecule has 1 aromatic carbocycles. The first-order valence-corrected chi connectivity index (χ1v) is 6.66. The SMILES string of the molecule is COC(=O)c1ccn2cncc2c1Nc1ccc(C)cc1F. The summed E-state index contributed by atoms with van der Waals surface area (Å²) in [5.41, 5.74) is 2.52. The van der Waals surface area contributed by atoms with Crippen LogP contribution in [0.3, 0.4) is 0 Å². The summed E-state index contributed by atoms with van der Waals surface area (Å²) in [6.45, 7) is 1.81. The topological polar surface area (TPSA) is 55.6 Å². The number of nitrogens with one attached hydrogen (secondary N) is 1. The molecule has 0 radical (unpaired) electrons. The smallest absolute Gasteiger partial charge is 0.340 e. The fourth-order valence-electron chi connectivity index (χ4n) is 2.26. The number of ether oxygens (including phenoxy) is 1. The minimum atomic E-state index is -0.501. The van der Waals surface area contributed by atoms with E-state index in [0.29, 0.717) is 16.8 Å². The first-order valence-electron chi connectivity index (χ1n) is 6.66. The number of nitrogens with zero attached hydrogens (tertiary/aromatic N) is 2. The molecular weight excluding hydrogens is 285 g/mol. The normalized spacial score (nSPS) is 10.7. The number of aromatic nitrogens is 2. The zero-order valence-electron chi connectivity index (χ0n) is 12.1. The van der Waals surface area contributed by atoms with Gasteiger partial charge >= 0.3 is 5.97 Å². The number of benzene rings is 1. The number of halogens is 1. The van der Waals surface area contributed by atoms with Gasteiger partial charge in [0.2, 0.25) is 0 Å². The number of methoxy groups -OCH3 is 1. The monoisotopic (exact) mass is 299 g/mol. The summed E-state index contributed by atoms with van der Waals surface area (Å²) < 4.78 is 20.6. The van der Waals surface area contributed by atoms with Gasteiger partial charge in [0.05, 0.1) is 42.1 Å². The highest BCUT2D eigenvalue weighted by molar-refractivity contribution is 6.00. The van der Waals surface area contributed by atoms with Crippen LogP contribution in [0.15, 0.2) is 43.0 Å². The number of pyridine rings is 1. The van der Waals surface area contributed by atoms with Crippen LogP contribution < -0.4 is 5.32 Å². The molecule has 0 fully saturated rings. The minimum Gasteiger partial charge on any atom is -0.465 e. The van der Waals surface area contributed by atoms with Gasteiger partial charge in [-0.25, -0.2) is 14.2 Å². The van der Waals surface area contributed by atoms with Gasteiger partial charge in [0, 0.05) is 6.20 Å².